The maximum Gasteiger partial charge on any atom is 0.116 e. The van der Waals surface area contributed by atoms with Gasteiger partial charge in [-0.05, 0) is 31.9 Å². The van der Waals surface area contributed by atoms with Gasteiger partial charge in [-0.25, -0.2) is 0 Å². The van der Waals surface area contributed by atoms with E-state index in [1.807, 2.05) is 26.8 Å². The fourth-order valence-electron chi connectivity index (χ4n) is 1.02. The normalized spacial score (nSPS) is 15.4. The van der Waals surface area contributed by atoms with Crippen molar-refractivity contribution in [2.45, 2.75) is 38.5 Å². The zero-order valence-electron chi connectivity index (χ0n) is 9.04. The summed E-state index contributed by atoms with van der Waals surface area (Å²) in [5.41, 5.74) is 0.638. The fourth-order valence-corrected chi connectivity index (χ4v) is 2.24. The Bertz CT molecular complexity index is 279. The van der Waals surface area contributed by atoms with Crippen molar-refractivity contribution in [1.82, 2.24) is 0 Å². The van der Waals surface area contributed by atoms with Crippen molar-refractivity contribution in [3.63, 3.8) is 0 Å². The predicted octanol–water partition coefficient (Wildman–Crippen LogP) is 2.98. The van der Waals surface area contributed by atoms with Crippen LogP contribution in [0.2, 0.25) is 0 Å². The number of aryl methyl sites for hydroxylation is 1. The summed E-state index contributed by atoms with van der Waals surface area (Å²) in [6.45, 7) is 5.91. The third-order valence-electron chi connectivity index (χ3n) is 2.38. The quantitative estimate of drug-likeness (QED) is 0.818. The molecule has 0 aromatic carbocycles. The maximum atomic E-state index is 9.77. The van der Waals surface area contributed by atoms with Gasteiger partial charge >= 0.3 is 0 Å². The van der Waals surface area contributed by atoms with Crippen molar-refractivity contribution in [3.05, 3.63) is 23.7 Å². The molecule has 0 spiro atoms. The molecule has 0 aliphatic heterocycles. The lowest BCUT2D eigenvalue weighted by atomic mass is 10.1. The van der Waals surface area contributed by atoms with Crippen LogP contribution in [0.1, 0.15) is 31.6 Å². The van der Waals surface area contributed by atoms with Crippen LogP contribution in [0.5, 0.6) is 0 Å². The topological polar surface area (TPSA) is 33.4 Å². The highest BCUT2D eigenvalue weighted by Crippen LogP contribution is 2.22. The monoisotopic (exact) mass is 214 g/mol. The molecule has 0 saturated heterocycles. The van der Waals surface area contributed by atoms with Gasteiger partial charge in [0.2, 0.25) is 0 Å². The van der Waals surface area contributed by atoms with Gasteiger partial charge in [0.25, 0.3) is 0 Å². The van der Waals surface area contributed by atoms with Gasteiger partial charge in [-0.1, -0.05) is 6.92 Å². The maximum absolute atomic E-state index is 9.77. The lowest BCUT2D eigenvalue weighted by Crippen LogP contribution is -2.25. The van der Waals surface area contributed by atoms with Crippen molar-refractivity contribution in [3.8, 4) is 0 Å². The van der Waals surface area contributed by atoms with Crippen LogP contribution in [-0.4, -0.2) is 16.5 Å². The summed E-state index contributed by atoms with van der Waals surface area (Å²) in [6, 6.07) is 1.97. The molecular formula is C11H18O2S. The number of furan rings is 1. The van der Waals surface area contributed by atoms with Crippen LogP contribution in [0.15, 0.2) is 16.7 Å². The molecule has 3 heteroatoms. The summed E-state index contributed by atoms with van der Waals surface area (Å²) < 4.78 is 5.31. The van der Waals surface area contributed by atoms with E-state index in [0.29, 0.717) is 0 Å². The Morgan fingerprint density at radius 1 is 1.57 bits per heavy atom. The SMILES string of the molecule is CCC(C)(O)CSCc1occc1C. The smallest absolute Gasteiger partial charge is 0.116 e. The largest absolute Gasteiger partial charge is 0.468 e. The third kappa shape index (κ3) is 3.39. The van der Waals surface area contributed by atoms with E-state index in [4.69, 9.17) is 4.42 Å². The molecule has 0 bridgehead atoms. The summed E-state index contributed by atoms with van der Waals surface area (Å²) in [7, 11) is 0. The first-order valence-electron chi connectivity index (χ1n) is 4.88. The van der Waals surface area contributed by atoms with Gasteiger partial charge in [0.1, 0.15) is 5.76 Å². The first-order valence-corrected chi connectivity index (χ1v) is 6.04. The van der Waals surface area contributed by atoms with Crippen LogP contribution >= 0.6 is 11.8 Å². The fraction of sp³-hybridized carbons (Fsp3) is 0.636. The van der Waals surface area contributed by atoms with Gasteiger partial charge in [0.05, 0.1) is 17.6 Å². The number of rotatable bonds is 5. The second kappa shape index (κ2) is 4.89. The first-order chi connectivity index (χ1) is 6.55. The zero-order valence-corrected chi connectivity index (χ0v) is 9.86. The highest BCUT2D eigenvalue weighted by molar-refractivity contribution is 7.98. The van der Waals surface area contributed by atoms with Gasteiger partial charge in [-0.2, -0.15) is 11.8 Å². The number of hydrogen-bond donors (Lipinski definition) is 1. The summed E-state index contributed by atoms with van der Waals surface area (Å²) in [5, 5.41) is 9.77. The van der Waals surface area contributed by atoms with Crippen LogP contribution in [0, 0.1) is 6.92 Å². The number of hydrogen-bond acceptors (Lipinski definition) is 3. The Balaban J connectivity index is 2.32. The van der Waals surface area contributed by atoms with Gasteiger partial charge in [-0.3, -0.25) is 0 Å². The molecule has 1 atom stereocenters. The van der Waals surface area contributed by atoms with Gasteiger partial charge < -0.3 is 9.52 Å². The van der Waals surface area contributed by atoms with E-state index in [9.17, 15) is 5.11 Å². The minimum Gasteiger partial charge on any atom is -0.468 e. The van der Waals surface area contributed by atoms with Crippen molar-refractivity contribution in [1.29, 1.82) is 0 Å². The molecule has 1 N–H and O–H groups in total. The van der Waals surface area contributed by atoms with Crippen LogP contribution in [0.3, 0.4) is 0 Å². The highest BCUT2D eigenvalue weighted by atomic mass is 32.2. The zero-order chi connectivity index (χ0) is 10.6. The predicted molar refractivity (Wildman–Crippen MR) is 60.5 cm³/mol. The van der Waals surface area contributed by atoms with Crippen LogP contribution < -0.4 is 0 Å². The minimum atomic E-state index is -0.550. The van der Waals surface area contributed by atoms with Gasteiger partial charge in [-0.15, -0.1) is 0 Å². The van der Waals surface area contributed by atoms with Gasteiger partial charge in [0, 0.05) is 5.75 Å². The van der Waals surface area contributed by atoms with Crippen LogP contribution in [0.4, 0.5) is 0 Å². The molecule has 0 fully saturated rings. The van der Waals surface area contributed by atoms with E-state index < -0.39 is 5.60 Å². The van der Waals surface area contributed by atoms with Crippen LogP contribution in [0.25, 0.3) is 0 Å². The Morgan fingerprint density at radius 3 is 2.79 bits per heavy atom. The summed E-state index contributed by atoms with van der Waals surface area (Å²) in [5.74, 6) is 2.61. The average molecular weight is 214 g/mol. The molecule has 1 aromatic rings. The molecule has 1 aromatic heterocycles. The molecular weight excluding hydrogens is 196 g/mol. The third-order valence-corrected chi connectivity index (χ3v) is 3.67. The van der Waals surface area contributed by atoms with Crippen molar-refractivity contribution >= 4 is 11.8 Å². The Kier molecular flexibility index (Phi) is 4.08. The molecule has 14 heavy (non-hydrogen) atoms. The van der Waals surface area contributed by atoms with E-state index in [1.165, 1.54) is 5.56 Å². The van der Waals surface area contributed by atoms with Crippen molar-refractivity contribution in [2.75, 3.05) is 5.75 Å². The standard InChI is InChI=1S/C11H18O2S/c1-4-11(3,12)8-14-7-10-9(2)5-6-13-10/h5-6,12H,4,7-8H2,1-3H3. The average Bonchev–Trinajstić information content (AvgIpc) is 2.52. The van der Waals surface area contributed by atoms with E-state index in [-0.39, 0.29) is 0 Å². The molecule has 0 aliphatic carbocycles. The van der Waals surface area contributed by atoms with Gasteiger partial charge in [0.15, 0.2) is 0 Å². The molecule has 1 rings (SSSR count). The van der Waals surface area contributed by atoms with Crippen LogP contribution in [-0.2, 0) is 5.75 Å². The first kappa shape index (κ1) is 11.7. The molecule has 1 unspecified atom stereocenters. The lowest BCUT2D eigenvalue weighted by Gasteiger charge is -2.20. The Hall–Kier alpha value is -0.410. The Morgan fingerprint density at radius 2 is 2.29 bits per heavy atom. The number of thioether (sulfide) groups is 1. The van der Waals surface area contributed by atoms with E-state index in [0.717, 1.165) is 23.7 Å². The second-order valence-electron chi connectivity index (χ2n) is 3.87. The molecule has 0 radical (unpaired) electrons. The molecule has 80 valence electrons. The summed E-state index contributed by atoms with van der Waals surface area (Å²) in [4.78, 5) is 0. The summed E-state index contributed by atoms with van der Waals surface area (Å²) in [6.07, 6.45) is 2.50. The minimum absolute atomic E-state index is 0.550. The molecule has 2 nitrogen and oxygen atoms in total. The van der Waals surface area contributed by atoms with Crippen molar-refractivity contribution < 1.29 is 9.52 Å². The molecule has 0 amide bonds. The molecule has 0 aliphatic rings. The highest BCUT2D eigenvalue weighted by Gasteiger charge is 2.17. The number of aliphatic hydroxyl groups is 1. The lowest BCUT2D eigenvalue weighted by molar-refractivity contribution is 0.0815. The van der Waals surface area contributed by atoms with E-state index in [2.05, 4.69) is 0 Å². The van der Waals surface area contributed by atoms with E-state index >= 15 is 0 Å². The van der Waals surface area contributed by atoms with Crippen molar-refractivity contribution in [2.24, 2.45) is 0 Å². The second-order valence-corrected chi connectivity index (χ2v) is 4.86. The summed E-state index contributed by atoms with van der Waals surface area (Å²) >= 11 is 1.71. The van der Waals surface area contributed by atoms with E-state index in [1.54, 1.807) is 18.0 Å². The molecule has 0 saturated carbocycles. The molecule has 1 heterocycles. The Labute approximate surface area is 89.7 Å².